The second kappa shape index (κ2) is 7.04. The van der Waals surface area contributed by atoms with Gasteiger partial charge < -0.3 is 10.3 Å². The molecular weight excluding hydrogens is 238 g/mol. The Morgan fingerprint density at radius 1 is 1.63 bits per heavy atom. The van der Waals surface area contributed by atoms with Crippen molar-refractivity contribution in [2.24, 2.45) is 4.99 Å². The highest BCUT2D eigenvalue weighted by atomic mass is 16.1. The van der Waals surface area contributed by atoms with Crippen LogP contribution in [0.25, 0.3) is 6.08 Å². The maximum Gasteiger partial charge on any atom is 0.147 e. The molecule has 1 heterocycles. The van der Waals surface area contributed by atoms with Gasteiger partial charge in [0.15, 0.2) is 0 Å². The summed E-state index contributed by atoms with van der Waals surface area (Å²) in [4.78, 5) is 18.9. The van der Waals surface area contributed by atoms with Gasteiger partial charge in [-0.15, -0.1) is 0 Å². The molecule has 4 heteroatoms. The summed E-state index contributed by atoms with van der Waals surface area (Å²) in [5, 5.41) is 3.24. The Kier molecular flexibility index (Phi) is 5.70. The van der Waals surface area contributed by atoms with Crippen molar-refractivity contribution in [3.8, 4) is 0 Å². The molecule has 1 aromatic heterocycles. The van der Waals surface area contributed by atoms with Crippen LogP contribution in [-0.4, -0.2) is 30.1 Å². The minimum atomic E-state index is -0.178. The first kappa shape index (κ1) is 15.4. The molecule has 0 bridgehead atoms. The third-order valence-corrected chi connectivity index (χ3v) is 3.27. The van der Waals surface area contributed by atoms with Crippen molar-refractivity contribution in [1.82, 2.24) is 10.3 Å². The number of ketones is 1. The van der Waals surface area contributed by atoms with Crippen LogP contribution >= 0.6 is 0 Å². The fourth-order valence-electron chi connectivity index (χ4n) is 2.36. The van der Waals surface area contributed by atoms with E-state index in [1.807, 2.05) is 32.2 Å². The zero-order chi connectivity index (χ0) is 14.4. The molecule has 0 spiro atoms. The maximum atomic E-state index is 11.8. The van der Waals surface area contributed by atoms with Crippen LogP contribution in [0.5, 0.6) is 0 Å². The van der Waals surface area contributed by atoms with Crippen LogP contribution in [0.15, 0.2) is 17.3 Å². The number of rotatable bonds is 7. The van der Waals surface area contributed by atoms with Crippen LogP contribution in [0, 0.1) is 0 Å². The van der Waals surface area contributed by atoms with Crippen LogP contribution in [0.3, 0.4) is 0 Å². The van der Waals surface area contributed by atoms with Gasteiger partial charge in [-0.2, -0.15) is 0 Å². The minimum absolute atomic E-state index is 0.0791. The fraction of sp³-hybridized carbons (Fsp3) is 0.467. The second-order valence-electron chi connectivity index (χ2n) is 4.60. The molecule has 2 unspecified atom stereocenters. The lowest BCUT2D eigenvalue weighted by atomic mass is 9.90. The monoisotopic (exact) mass is 261 g/mol. The molecule has 1 aromatic rings. The number of nitrogens with zero attached hydrogens (tertiary/aromatic N) is 1. The van der Waals surface area contributed by atoms with E-state index in [0.29, 0.717) is 0 Å². The number of aromatic nitrogens is 1. The zero-order valence-corrected chi connectivity index (χ0v) is 12.2. The number of allylic oxidation sites excluding steroid dienone is 1. The van der Waals surface area contributed by atoms with E-state index in [4.69, 9.17) is 0 Å². The van der Waals surface area contributed by atoms with E-state index < -0.39 is 0 Å². The van der Waals surface area contributed by atoms with E-state index in [-0.39, 0.29) is 17.7 Å². The molecule has 0 saturated carbocycles. The topological polar surface area (TPSA) is 57.2 Å². The molecule has 104 valence electrons. The number of aromatic amines is 1. The van der Waals surface area contributed by atoms with Crippen LogP contribution < -0.4 is 5.32 Å². The normalized spacial score (nSPS) is 14.5. The molecule has 19 heavy (non-hydrogen) atoms. The molecule has 2 N–H and O–H groups in total. The number of aliphatic imine (C=N–C) groups is 1. The van der Waals surface area contributed by atoms with Gasteiger partial charge >= 0.3 is 0 Å². The Morgan fingerprint density at radius 2 is 2.32 bits per heavy atom. The lowest BCUT2D eigenvalue weighted by Gasteiger charge is -2.22. The Labute approximate surface area is 115 Å². The number of likely N-dealkylation sites (N-methyl/N-ethyl adjacent to an activating group) is 1. The number of hydrogen-bond acceptors (Lipinski definition) is 3. The van der Waals surface area contributed by atoms with Crippen molar-refractivity contribution in [2.45, 2.75) is 39.7 Å². The van der Waals surface area contributed by atoms with Gasteiger partial charge in [-0.25, -0.2) is 4.99 Å². The van der Waals surface area contributed by atoms with Gasteiger partial charge in [0.1, 0.15) is 11.6 Å². The highest BCUT2D eigenvalue weighted by Crippen LogP contribution is 2.31. The molecule has 0 amide bonds. The molecule has 0 fully saturated rings. The van der Waals surface area contributed by atoms with Gasteiger partial charge in [-0.1, -0.05) is 26.0 Å². The molecule has 0 radical (unpaired) electrons. The van der Waals surface area contributed by atoms with Gasteiger partial charge in [0.05, 0.1) is 6.04 Å². The maximum absolute atomic E-state index is 11.8. The predicted molar refractivity (Wildman–Crippen MR) is 81.3 cm³/mol. The highest BCUT2D eigenvalue weighted by molar-refractivity contribution is 5.83. The zero-order valence-electron chi connectivity index (χ0n) is 12.2. The summed E-state index contributed by atoms with van der Waals surface area (Å²) in [5.41, 5.74) is 2.09. The number of hydrogen-bond donors (Lipinski definition) is 2. The Bertz CT molecular complexity index is 474. The highest BCUT2D eigenvalue weighted by Gasteiger charge is 2.25. The van der Waals surface area contributed by atoms with Crippen molar-refractivity contribution in [3.63, 3.8) is 0 Å². The molecule has 4 nitrogen and oxygen atoms in total. The first-order chi connectivity index (χ1) is 9.06. The Balaban J connectivity index is 3.16. The van der Waals surface area contributed by atoms with Crippen molar-refractivity contribution in [2.75, 3.05) is 6.54 Å². The SMILES string of the molecule is C=Nc1[nH]cc(C(C)C(NCC)C(C)=O)c1/C=C\C. The van der Waals surface area contributed by atoms with E-state index in [9.17, 15) is 4.79 Å². The summed E-state index contributed by atoms with van der Waals surface area (Å²) in [6, 6.07) is -0.178. The van der Waals surface area contributed by atoms with Crippen molar-refractivity contribution in [1.29, 1.82) is 0 Å². The summed E-state index contributed by atoms with van der Waals surface area (Å²) >= 11 is 0. The minimum Gasteiger partial charge on any atom is -0.346 e. The lowest BCUT2D eigenvalue weighted by molar-refractivity contribution is -0.119. The lowest BCUT2D eigenvalue weighted by Crippen LogP contribution is -2.39. The standard InChI is InChI=1S/C15H23N3O/c1-6-8-12-13(9-18-15(12)16-5)10(3)14(11(4)19)17-7-2/h6,8-10,14,17-18H,5,7H2,1-4H3/b8-6-. The third-order valence-electron chi connectivity index (χ3n) is 3.27. The summed E-state index contributed by atoms with van der Waals surface area (Å²) in [5.74, 6) is 0.976. The van der Waals surface area contributed by atoms with Gasteiger partial charge in [0.25, 0.3) is 0 Å². The second-order valence-corrected chi connectivity index (χ2v) is 4.60. The van der Waals surface area contributed by atoms with Gasteiger partial charge in [-0.05, 0) is 32.7 Å². The van der Waals surface area contributed by atoms with E-state index in [0.717, 1.165) is 23.5 Å². The van der Waals surface area contributed by atoms with Gasteiger partial charge in [0, 0.05) is 17.7 Å². The molecule has 0 aliphatic heterocycles. The Hall–Kier alpha value is -1.68. The van der Waals surface area contributed by atoms with E-state index >= 15 is 0 Å². The number of nitrogens with one attached hydrogen (secondary N) is 2. The quantitative estimate of drug-likeness (QED) is 0.741. The molecule has 0 saturated heterocycles. The number of carbonyl (C=O) groups excluding carboxylic acids is 1. The predicted octanol–water partition coefficient (Wildman–Crippen LogP) is 3.05. The van der Waals surface area contributed by atoms with E-state index in [1.54, 1.807) is 6.92 Å². The van der Waals surface area contributed by atoms with Gasteiger partial charge in [0.2, 0.25) is 0 Å². The molecule has 2 atom stereocenters. The largest absolute Gasteiger partial charge is 0.346 e. The first-order valence-electron chi connectivity index (χ1n) is 6.61. The number of H-pyrrole nitrogens is 1. The average molecular weight is 261 g/mol. The molecule has 0 aliphatic carbocycles. The van der Waals surface area contributed by atoms with Crippen molar-refractivity contribution < 1.29 is 4.79 Å². The Morgan fingerprint density at radius 3 is 2.79 bits per heavy atom. The van der Waals surface area contributed by atoms with Crippen molar-refractivity contribution in [3.05, 3.63) is 23.4 Å². The smallest absolute Gasteiger partial charge is 0.147 e. The van der Waals surface area contributed by atoms with Crippen molar-refractivity contribution >= 4 is 24.4 Å². The fourth-order valence-corrected chi connectivity index (χ4v) is 2.36. The van der Waals surface area contributed by atoms with E-state index in [1.165, 1.54) is 0 Å². The molecule has 1 rings (SSSR count). The number of Topliss-reactive ketones (excluding diaryl/α,β-unsaturated/α-hetero) is 1. The third kappa shape index (κ3) is 3.41. The van der Waals surface area contributed by atoms with Crippen LogP contribution in [0.1, 0.15) is 44.7 Å². The van der Waals surface area contributed by atoms with E-state index in [2.05, 4.69) is 28.9 Å². The molecular formula is C15H23N3O. The average Bonchev–Trinajstić information content (AvgIpc) is 2.78. The van der Waals surface area contributed by atoms with Crippen LogP contribution in [0.2, 0.25) is 0 Å². The first-order valence-corrected chi connectivity index (χ1v) is 6.61. The molecule has 0 aromatic carbocycles. The molecule has 0 aliphatic rings. The number of carbonyl (C=O) groups is 1. The summed E-state index contributed by atoms with van der Waals surface area (Å²) in [6.07, 6.45) is 5.87. The summed E-state index contributed by atoms with van der Waals surface area (Å²) < 4.78 is 0. The summed E-state index contributed by atoms with van der Waals surface area (Å²) in [6.45, 7) is 12.0. The van der Waals surface area contributed by atoms with Gasteiger partial charge in [-0.3, -0.25) is 4.79 Å². The summed E-state index contributed by atoms with van der Waals surface area (Å²) in [7, 11) is 0. The van der Waals surface area contributed by atoms with Crippen LogP contribution in [-0.2, 0) is 4.79 Å². The van der Waals surface area contributed by atoms with Crippen LogP contribution in [0.4, 0.5) is 5.82 Å².